The molecule has 0 rings (SSSR count). The average Bonchev–Trinajstić information content (AvgIpc) is 2.03. The van der Waals surface area contributed by atoms with E-state index >= 15 is 0 Å². The minimum atomic E-state index is -1.53. The molecule has 4 heteroatoms. The summed E-state index contributed by atoms with van der Waals surface area (Å²) in [6, 6.07) is 0. The number of carbonyl (C=O) groups is 1. The largest absolute Gasteiger partial charge is 0.415 e. The standard InChI is InChI=1S/C9H17NO3/c1-6-9(12,10(4)5)13-8(11)7(2)3/h12H,2,6H2,1,3-5H3. The number of hydrogen-bond donors (Lipinski definition) is 1. The Morgan fingerprint density at radius 1 is 1.62 bits per heavy atom. The Kier molecular flexibility index (Phi) is 4.10. The molecule has 76 valence electrons. The fourth-order valence-corrected chi connectivity index (χ4v) is 0.715. The van der Waals surface area contributed by atoms with Gasteiger partial charge in [0.25, 0.3) is 5.91 Å². The van der Waals surface area contributed by atoms with E-state index in [1.807, 2.05) is 0 Å². The van der Waals surface area contributed by atoms with Gasteiger partial charge in [-0.15, -0.1) is 0 Å². The van der Waals surface area contributed by atoms with E-state index in [0.29, 0.717) is 6.42 Å². The molecule has 0 spiro atoms. The van der Waals surface area contributed by atoms with E-state index in [-0.39, 0.29) is 5.57 Å². The first-order valence-electron chi connectivity index (χ1n) is 4.12. The third-order valence-corrected chi connectivity index (χ3v) is 1.76. The molecule has 1 unspecified atom stereocenters. The third-order valence-electron chi connectivity index (χ3n) is 1.76. The number of esters is 1. The number of hydrogen-bond acceptors (Lipinski definition) is 4. The molecule has 0 saturated heterocycles. The normalized spacial score (nSPS) is 15.2. The highest BCUT2D eigenvalue weighted by Gasteiger charge is 2.32. The molecular formula is C9H17NO3. The maximum absolute atomic E-state index is 11.1. The van der Waals surface area contributed by atoms with Gasteiger partial charge in [-0.05, 0) is 21.0 Å². The van der Waals surface area contributed by atoms with Crippen molar-refractivity contribution < 1.29 is 14.6 Å². The molecule has 0 bridgehead atoms. The number of aliphatic hydroxyl groups is 1. The molecule has 0 aromatic heterocycles. The average molecular weight is 187 g/mol. The van der Waals surface area contributed by atoms with Crippen LogP contribution in [-0.2, 0) is 9.53 Å². The van der Waals surface area contributed by atoms with E-state index in [1.54, 1.807) is 21.0 Å². The molecule has 0 aliphatic carbocycles. The zero-order chi connectivity index (χ0) is 10.6. The first kappa shape index (κ1) is 12.1. The van der Waals surface area contributed by atoms with Gasteiger partial charge in [0.1, 0.15) is 0 Å². The summed E-state index contributed by atoms with van der Waals surface area (Å²) in [6.45, 7) is 6.69. The van der Waals surface area contributed by atoms with Crippen molar-refractivity contribution >= 4 is 5.97 Å². The van der Waals surface area contributed by atoms with Gasteiger partial charge < -0.3 is 9.84 Å². The van der Waals surface area contributed by atoms with Crippen LogP contribution in [-0.4, -0.2) is 36.0 Å². The first-order valence-corrected chi connectivity index (χ1v) is 4.12. The summed E-state index contributed by atoms with van der Waals surface area (Å²) in [5, 5.41) is 9.76. The van der Waals surface area contributed by atoms with Gasteiger partial charge in [-0.2, -0.15) is 0 Å². The van der Waals surface area contributed by atoms with Crippen molar-refractivity contribution in [2.24, 2.45) is 0 Å². The summed E-state index contributed by atoms with van der Waals surface area (Å²) >= 11 is 0. The van der Waals surface area contributed by atoms with Gasteiger partial charge >= 0.3 is 5.97 Å². The van der Waals surface area contributed by atoms with Crippen LogP contribution in [0.15, 0.2) is 12.2 Å². The summed E-state index contributed by atoms with van der Waals surface area (Å²) in [6.07, 6.45) is 0.305. The van der Waals surface area contributed by atoms with E-state index in [0.717, 1.165) is 0 Å². The minimum absolute atomic E-state index is 0.272. The maximum atomic E-state index is 11.1. The predicted molar refractivity (Wildman–Crippen MR) is 49.8 cm³/mol. The second kappa shape index (κ2) is 4.39. The van der Waals surface area contributed by atoms with Crippen LogP contribution < -0.4 is 0 Å². The summed E-state index contributed by atoms with van der Waals surface area (Å²) in [5.41, 5.74) is 0.272. The summed E-state index contributed by atoms with van der Waals surface area (Å²) in [5.74, 6) is -2.12. The van der Waals surface area contributed by atoms with Gasteiger partial charge in [0.15, 0.2) is 0 Å². The fourth-order valence-electron chi connectivity index (χ4n) is 0.715. The first-order chi connectivity index (χ1) is 5.83. The van der Waals surface area contributed by atoms with E-state index in [2.05, 4.69) is 6.58 Å². The van der Waals surface area contributed by atoms with Crippen molar-refractivity contribution in [1.29, 1.82) is 0 Å². The third kappa shape index (κ3) is 3.16. The lowest BCUT2D eigenvalue weighted by molar-refractivity contribution is -0.265. The van der Waals surface area contributed by atoms with Crippen LogP contribution in [0.2, 0.25) is 0 Å². The van der Waals surface area contributed by atoms with Crippen molar-refractivity contribution in [3.05, 3.63) is 12.2 Å². The van der Waals surface area contributed by atoms with E-state index in [9.17, 15) is 9.90 Å². The molecule has 1 N–H and O–H groups in total. The molecule has 0 saturated carbocycles. The monoisotopic (exact) mass is 187 g/mol. The Bertz CT molecular complexity index is 213. The zero-order valence-electron chi connectivity index (χ0n) is 8.63. The van der Waals surface area contributed by atoms with Crippen LogP contribution in [0.1, 0.15) is 20.3 Å². The Morgan fingerprint density at radius 2 is 2.08 bits per heavy atom. The molecule has 0 fully saturated rings. The van der Waals surface area contributed by atoms with Crippen molar-refractivity contribution in [2.75, 3.05) is 14.1 Å². The zero-order valence-corrected chi connectivity index (χ0v) is 8.63. The molecule has 1 atom stereocenters. The smallest absolute Gasteiger partial charge is 0.336 e. The van der Waals surface area contributed by atoms with Crippen LogP contribution in [0.25, 0.3) is 0 Å². The highest BCUT2D eigenvalue weighted by atomic mass is 16.7. The number of nitrogens with zero attached hydrogens (tertiary/aromatic N) is 1. The maximum Gasteiger partial charge on any atom is 0.336 e. The van der Waals surface area contributed by atoms with E-state index < -0.39 is 11.9 Å². The summed E-state index contributed by atoms with van der Waals surface area (Å²) in [4.78, 5) is 12.6. The summed E-state index contributed by atoms with van der Waals surface area (Å²) in [7, 11) is 3.27. The van der Waals surface area contributed by atoms with Crippen molar-refractivity contribution in [3.63, 3.8) is 0 Å². The Morgan fingerprint density at radius 3 is 2.31 bits per heavy atom. The molecule has 0 aromatic rings. The highest BCUT2D eigenvalue weighted by Crippen LogP contribution is 2.16. The Labute approximate surface area is 78.8 Å². The molecule has 0 aromatic carbocycles. The van der Waals surface area contributed by atoms with Crippen molar-refractivity contribution in [2.45, 2.75) is 26.2 Å². The molecule has 0 heterocycles. The second-order valence-corrected chi connectivity index (χ2v) is 3.16. The van der Waals surface area contributed by atoms with Crippen LogP contribution in [0.3, 0.4) is 0 Å². The van der Waals surface area contributed by atoms with Gasteiger partial charge in [0.2, 0.25) is 0 Å². The predicted octanol–water partition coefficient (Wildman–Crippen LogP) is 0.723. The number of ether oxygens (including phenoxy) is 1. The molecule has 13 heavy (non-hydrogen) atoms. The minimum Gasteiger partial charge on any atom is -0.415 e. The van der Waals surface area contributed by atoms with E-state index in [4.69, 9.17) is 4.74 Å². The molecular weight excluding hydrogens is 170 g/mol. The molecule has 0 radical (unpaired) electrons. The molecule has 0 amide bonds. The topological polar surface area (TPSA) is 49.8 Å². The lowest BCUT2D eigenvalue weighted by Gasteiger charge is -2.32. The highest BCUT2D eigenvalue weighted by molar-refractivity contribution is 5.87. The number of carbonyl (C=O) groups excluding carboxylic acids is 1. The fraction of sp³-hybridized carbons (Fsp3) is 0.667. The van der Waals surface area contributed by atoms with Crippen molar-refractivity contribution in [1.82, 2.24) is 4.90 Å². The van der Waals surface area contributed by atoms with E-state index in [1.165, 1.54) is 11.8 Å². The van der Waals surface area contributed by atoms with Gasteiger partial charge in [-0.1, -0.05) is 13.5 Å². The Balaban J connectivity index is 4.45. The second-order valence-electron chi connectivity index (χ2n) is 3.16. The van der Waals surface area contributed by atoms with Gasteiger partial charge in [0.05, 0.1) is 0 Å². The van der Waals surface area contributed by atoms with Gasteiger partial charge in [-0.3, -0.25) is 0 Å². The molecule has 4 nitrogen and oxygen atoms in total. The quantitative estimate of drug-likeness (QED) is 0.400. The summed E-state index contributed by atoms with van der Waals surface area (Å²) < 4.78 is 4.85. The number of rotatable bonds is 4. The molecule has 0 aliphatic heterocycles. The Hall–Kier alpha value is -0.870. The van der Waals surface area contributed by atoms with Gasteiger partial charge in [0, 0.05) is 12.0 Å². The SMILES string of the molecule is C=C(C)C(=O)OC(O)(CC)N(C)C. The van der Waals surface area contributed by atoms with Crippen LogP contribution in [0.4, 0.5) is 0 Å². The van der Waals surface area contributed by atoms with Crippen LogP contribution >= 0.6 is 0 Å². The molecule has 0 aliphatic rings. The lowest BCUT2D eigenvalue weighted by Crippen LogP contribution is -2.47. The van der Waals surface area contributed by atoms with Gasteiger partial charge in [-0.25, -0.2) is 9.69 Å². The van der Waals surface area contributed by atoms with Crippen LogP contribution in [0, 0.1) is 0 Å². The van der Waals surface area contributed by atoms with Crippen molar-refractivity contribution in [3.8, 4) is 0 Å². The lowest BCUT2D eigenvalue weighted by atomic mass is 10.3. The van der Waals surface area contributed by atoms with Crippen LogP contribution in [0.5, 0.6) is 0 Å².